The third-order valence-corrected chi connectivity index (χ3v) is 4.58. The number of ether oxygens (including phenoxy) is 1. The summed E-state index contributed by atoms with van der Waals surface area (Å²) in [6.45, 7) is 7.73. The van der Waals surface area contributed by atoms with Crippen LogP contribution in [0, 0.1) is 13.8 Å². The number of rotatable bonds is 6. The lowest BCUT2D eigenvalue weighted by Gasteiger charge is -2.26. The van der Waals surface area contributed by atoms with Crippen LogP contribution in [0.1, 0.15) is 22.0 Å². The van der Waals surface area contributed by atoms with E-state index in [1.165, 1.54) is 22.6 Å². The van der Waals surface area contributed by atoms with Crippen molar-refractivity contribution in [2.24, 2.45) is 0 Å². The zero-order chi connectivity index (χ0) is 15.2. The number of aromatic nitrogens is 1. The molecule has 1 aromatic rings. The van der Waals surface area contributed by atoms with Gasteiger partial charge < -0.3 is 10.1 Å². The Balaban J connectivity index is 1.82. The molecule has 1 aliphatic rings. The van der Waals surface area contributed by atoms with Gasteiger partial charge in [-0.1, -0.05) is 6.08 Å². The molecule has 5 nitrogen and oxygen atoms in total. The Morgan fingerprint density at radius 3 is 3.00 bits per heavy atom. The Morgan fingerprint density at radius 2 is 2.33 bits per heavy atom. The van der Waals surface area contributed by atoms with E-state index in [0.29, 0.717) is 6.54 Å². The van der Waals surface area contributed by atoms with Gasteiger partial charge in [0.25, 0.3) is 0 Å². The third kappa shape index (κ3) is 4.91. The summed E-state index contributed by atoms with van der Waals surface area (Å²) in [6, 6.07) is 0. The van der Waals surface area contributed by atoms with Crippen molar-refractivity contribution in [2.75, 3.05) is 33.4 Å². The van der Waals surface area contributed by atoms with E-state index in [0.717, 1.165) is 31.7 Å². The van der Waals surface area contributed by atoms with Gasteiger partial charge in [-0.05, 0) is 25.8 Å². The standard InChI is InChI=1S/C15H23N3O2S/c1-11-12(2)21-15(17-11)9-18-6-4-5-13(8-18)7-16-14(19)10-20-3/h5H,4,6-10H2,1-3H3,(H,16,19). The summed E-state index contributed by atoms with van der Waals surface area (Å²) in [7, 11) is 1.53. The second-order valence-corrected chi connectivity index (χ2v) is 6.61. The molecular formula is C15H23N3O2S. The maximum atomic E-state index is 11.4. The summed E-state index contributed by atoms with van der Waals surface area (Å²) in [5, 5.41) is 4.05. The molecule has 0 saturated carbocycles. The monoisotopic (exact) mass is 309 g/mol. The first kappa shape index (κ1) is 16.1. The first-order chi connectivity index (χ1) is 10.1. The van der Waals surface area contributed by atoms with Gasteiger partial charge in [0, 0.05) is 31.6 Å². The van der Waals surface area contributed by atoms with Crippen molar-refractivity contribution >= 4 is 17.2 Å². The van der Waals surface area contributed by atoms with E-state index in [2.05, 4.69) is 35.1 Å². The zero-order valence-corrected chi connectivity index (χ0v) is 13.8. The van der Waals surface area contributed by atoms with Crippen LogP contribution in [-0.2, 0) is 16.1 Å². The molecule has 0 unspecified atom stereocenters. The molecule has 0 radical (unpaired) electrons. The van der Waals surface area contributed by atoms with E-state index in [-0.39, 0.29) is 12.5 Å². The van der Waals surface area contributed by atoms with Crippen LogP contribution in [0.15, 0.2) is 11.6 Å². The first-order valence-corrected chi connectivity index (χ1v) is 7.99. The summed E-state index contributed by atoms with van der Waals surface area (Å²) in [5.74, 6) is -0.0679. The van der Waals surface area contributed by atoms with Gasteiger partial charge >= 0.3 is 0 Å². The zero-order valence-electron chi connectivity index (χ0n) is 12.9. The lowest BCUT2D eigenvalue weighted by atomic mass is 10.1. The van der Waals surface area contributed by atoms with Crippen LogP contribution < -0.4 is 5.32 Å². The van der Waals surface area contributed by atoms with Crippen LogP contribution in [0.25, 0.3) is 0 Å². The SMILES string of the molecule is COCC(=O)NCC1=CCCN(Cc2nc(C)c(C)s2)C1. The number of nitrogens with one attached hydrogen (secondary N) is 1. The highest BCUT2D eigenvalue weighted by Crippen LogP contribution is 2.20. The molecule has 1 aromatic heterocycles. The quantitative estimate of drug-likeness (QED) is 0.812. The van der Waals surface area contributed by atoms with Gasteiger partial charge in [-0.3, -0.25) is 9.69 Å². The Bertz CT molecular complexity index is 505. The summed E-state index contributed by atoms with van der Waals surface area (Å²) >= 11 is 1.78. The minimum Gasteiger partial charge on any atom is -0.375 e. The van der Waals surface area contributed by atoms with Crippen LogP contribution in [0.3, 0.4) is 0 Å². The van der Waals surface area contributed by atoms with Gasteiger partial charge in [0.05, 0.1) is 12.2 Å². The van der Waals surface area contributed by atoms with Crippen molar-refractivity contribution in [1.29, 1.82) is 0 Å². The van der Waals surface area contributed by atoms with Crippen LogP contribution >= 0.6 is 11.3 Å². The van der Waals surface area contributed by atoms with Gasteiger partial charge in [0.1, 0.15) is 11.6 Å². The summed E-state index contributed by atoms with van der Waals surface area (Å²) in [4.78, 5) is 19.7. The lowest BCUT2D eigenvalue weighted by molar-refractivity contribution is -0.124. The van der Waals surface area contributed by atoms with Crippen molar-refractivity contribution in [2.45, 2.75) is 26.8 Å². The number of amides is 1. The van der Waals surface area contributed by atoms with Crippen molar-refractivity contribution in [1.82, 2.24) is 15.2 Å². The molecule has 0 fully saturated rings. The average molecular weight is 309 g/mol. The fraction of sp³-hybridized carbons (Fsp3) is 0.600. The van der Waals surface area contributed by atoms with Crippen LogP contribution in [0.4, 0.5) is 0 Å². The molecule has 21 heavy (non-hydrogen) atoms. The third-order valence-electron chi connectivity index (χ3n) is 3.52. The second kappa shape index (κ2) is 7.68. The molecule has 0 saturated heterocycles. The predicted molar refractivity (Wildman–Crippen MR) is 84.5 cm³/mol. The lowest BCUT2D eigenvalue weighted by Crippen LogP contribution is -2.35. The molecule has 0 bridgehead atoms. The smallest absolute Gasteiger partial charge is 0.246 e. The number of nitrogens with zero attached hydrogens (tertiary/aromatic N) is 2. The van der Waals surface area contributed by atoms with E-state index in [4.69, 9.17) is 4.74 Å². The number of carbonyl (C=O) groups is 1. The van der Waals surface area contributed by atoms with Crippen LogP contribution in [0.2, 0.25) is 0 Å². The molecule has 6 heteroatoms. The van der Waals surface area contributed by atoms with Gasteiger partial charge in [-0.2, -0.15) is 0 Å². The molecule has 0 atom stereocenters. The van der Waals surface area contributed by atoms with E-state index in [1.54, 1.807) is 11.3 Å². The summed E-state index contributed by atoms with van der Waals surface area (Å²) in [5.41, 5.74) is 2.39. The van der Waals surface area contributed by atoms with Gasteiger partial charge in [-0.25, -0.2) is 4.98 Å². The Hall–Kier alpha value is -1.24. The van der Waals surface area contributed by atoms with E-state index < -0.39 is 0 Å². The van der Waals surface area contributed by atoms with Gasteiger partial charge in [-0.15, -0.1) is 11.3 Å². The van der Waals surface area contributed by atoms with Crippen molar-refractivity contribution in [3.63, 3.8) is 0 Å². The predicted octanol–water partition coefficient (Wildman–Crippen LogP) is 1.65. The molecule has 1 amide bonds. The molecule has 2 heterocycles. The molecule has 2 rings (SSSR count). The fourth-order valence-corrected chi connectivity index (χ4v) is 3.31. The number of hydrogen-bond acceptors (Lipinski definition) is 5. The van der Waals surface area contributed by atoms with E-state index in [1.807, 2.05) is 0 Å². The van der Waals surface area contributed by atoms with E-state index in [9.17, 15) is 4.79 Å². The molecule has 0 aliphatic carbocycles. The Labute approximate surface area is 130 Å². The van der Waals surface area contributed by atoms with Gasteiger partial charge in [0.15, 0.2) is 0 Å². The van der Waals surface area contributed by atoms with Crippen molar-refractivity contribution in [3.05, 3.63) is 27.2 Å². The van der Waals surface area contributed by atoms with E-state index >= 15 is 0 Å². The highest BCUT2D eigenvalue weighted by molar-refractivity contribution is 7.11. The highest BCUT2D eigenvalue weighted by Gasteiger charge is 2.15. The molecular weight excluding hydrogens is 286 g/mol. The maximum Gasteiger partial charge on any atom is 0.246 e. The molecule has 0 spiro atoms. The summed E-state index contributed by atoms with van der Waals surface area (Å²) < 4.78 is 4.81. The molecule has 0 aromatic carbocycles. The average Bonchev–Trinajstić information content (AvgIpc) is 2.76. The van der Waals surface area contributed by atoms with Crippen LogP contribution in [0.5, 0.6) is 0 Å². The maximum absolute atomic E-state index is 11.4. The number of aryl methyl sites for hydroxylation is 2. The Morgan fingerprint density at radius 1 is 1.52 bits per heavy atom. The van der Waals surface area contributed by atoms with Crippen molar-refractivity contribution < 1.29 is 9.53 Å². The number of thiazole rings is 1. The highest BCUT2D eigenvalue weighted by atomic mass is 32.1. The molecule has 1 aliphatic heterocycles. The van der Waals surface area contributed by atoms with Gasteiger partial charge in [0.2, 0.25) is 5.91 Å². The normalized spacial score (nSPS) is 15.9. The topological polar surface area (TPSA) is 54.5 Å². The number of hydrogen-bond donors (Lipinski definition) is 1. The minimum absolute atomic E-state index is 0.0679. The largest absolute Gasteiger partial charge is 0.375 e. The Kier molecular flexibility index (Phi) is 5.90. The van der Waals surface area contributed by atoms with Crippen LogP contribution in [-0.4, -0.2) is 49.1 Å². The minimum atomic E-state index is -0.0679. The summed E-state index contributed by atoms with van der Waals surface area (Å²) in [6.07, 6.45) is 3.25. The first-order valence-electron chi connectivity index (χ1n) is 7.17. The number of methoxy groups -OCH3 is 1. The van der Waals surface area contributed by atoms with Crippen molar-refractivity contribution in [3.8, 4) is 0 Å². The molecule has 116 valence electrons. The second-order valence-electron chi connectivity index (χ2n) is 5.32. The number of carbonyl (C=O) groups excluding carboxylic acids is 1. The molecule has 1 N–H and O–H groups in total. The fourth-order valence-electron chi connectivity index (χ4n) is 2.34.